The monoisotopic (exact) mass is 337 g/mol. The number of rotatable bonds is 2. The van der Waals surface area contributed by atoms with Gasteiger partial charge in [-0.05, 0) is 53.1 Å². The van der Waals surface area contributed by atoms with Gasteiger partial charge in [-0.15, -0.1) is 11.3 Å². The average molecular weight is 338 g/mol. The first-order valence-electron chi connectivity index (χ1n) is 5.69. The van der Waals surface area contributed by atoms with E-state index in [0.29, 0.717) is 21.1 Å². The maximum atomic E-state index is 12.5. The van der Waals surface area contributed by atoms with Crippen LogP contribution in [0, 0.1) is 5.92 Å². The summed E-state index contributed by atoms with van der Waals surface area (Å²) in [7, 11) is -3.33. The number of sulfonamides is 1. The fourth-order valence-corrected chi connectivity index (χ4v) is 6.40. The van der Waals surface area contributed by atoms with E-state index in [1.54, 1.807) is 15.8 Å². The lowest BCUT2D eigenvalue weighted by molar-refractivity contribution is 0.202. The molecule has 0 aromatic carbocycles. The molecule has 0 aliphatic carbocycles. The fraction of sp³-hybridized carbons (Fsp3) is 0.636. The van der Waals surface area contributed by atoms with Crippen LogP contribution in [0.5, 0.6) is 0 Å². The first-order chi connectivity index (χ1) is 7.94. The van der Waals surface area contributed by atoms with Crippen LogP contribution >= 0.6 is 27.3 Å². The summed E-state index contributed by atoms with van der Waals surface area (Å²) >= 11 is 4.59. The van der Waals surface area contributed by atoms with Crippen molar-refractivity contribution >= 4 is 37.3 Å². The standard InChI is InChI=1S/C11H16BrNO2S2/c1-8-4-3-6-13(9(8)2)17(14,15)11-10(12)5-7-16-11/h5,7-9H,3-4,6H2,1-2H3. The molecule has 96 valence electrons. The Balaban J connectivity index is 2.36. The minimum Gasteiger partial charge on any atom is -0.206 e. The normalized spacial score (nSPS) is 27.2. The van der Waals surface area contributed by atoms with Gasteiger partial charge in [-0.1, -0.05) is 6.92 Å². The lowest BCUT2D eigenvalue weighted by Gasteiger charge is -2.36. The van der Waals surface area contributed by atoms with Crippen molar-refractivity contribution < 1.29 is 8.42 Å². The largest absolute Gasteiger partial charge is 0.253 e. The Morgan fingerprint density at radius 3 is 2.76 bits per heavy atom. The Hall–Kier alpha value is 0.0900. The molecule has 2 rings (SSSR count). The molecule has 1 aliphatic rings. The minimum absolute atomic E-state index is 0.0859. The van der Waals surface area contributed by atoms with E-state index in [1.165, 1.54) is 11.3 Å². The summed E-state index contributed by atoms with van der Waals surface area (Å²) in [4.78, 5) is 0. The van der Waals surface area contributed by atoms with Gasteiger partial charge in [-0.2, -0.15) is 4.31 Å². The summed E-state index contributed by atoms with van der Waals surface area (Å²) in [6.07, 6.45) is 2.06. The second-order valence-corrected chi connectivity index (χ2v) is 8.39. The maximum Gasteiger partial charge on any atom is 0.253 e. The highest BCUT2D eigenvalue weighted by molar-refractivity contribution is 9.10. The van der Waals surface area contributed by atoms with E-state index in [9.17, 15) is 8.42 Å². The Labute approximate surface area is 115 Å². The molecule has 0 bridgehead atoms. The number of nitrogens with zero attached hydrogens (tertiary/aromatic N) is 1. The number of piperidine rings is 1. The molecule has 17 heavy (non-hydrogen) atoms. The summed E-state index contributed by atoms with van der Waals surface area (Å²) in [5, 5.41) is 1.80. The van der Waals surface area contributed by atoms with Gasteiger partial charge in [0.25, 0.3) is 10.0 Å². The van der Waals surface area contributed by atoms with Gasteiger partial charge in [-0.25, -0.2) is 8.42 Å². The predicted molar refractivity (Wildman–Crippen MR) is 73.8 cm³/mol. The summed E-state index contributed by atoms with van der Waals surface area (Å²) in [6.45, 7) is 4.76. The SMILES string of the molecule is CC1CCCN(S(=O)(=O)c2sccc2Br)C1C. The van der Waals surface area contributed by atoms with E-state index in [0.717, 1.165) is 12.8 Å². The van der Waals surface area contributed by atoms with E-state index in [2.05, 4.69) is 22.9 Å². The van der Waals surface area contributed by atoms with Gasteiger partial charge in [0, 0.05) is 17.1 Å². The van der Waals surface area contributed by atoms with Crippen molar-refractivity contribution in [3.05, 3.63) is 15.9 Å². The zero-order valence-electron chi connectivity index (χ0n) is 9.89. The Bertz CT molecular complexity index is 497. The summed E-state index contributed by atoms with van der Waals surface area (Å²) in [5.74, 6) is 0.428. The van der Waals surface area contributed by atoms with Crippen LogP contribution in [0.15, 0.2) is 20.1 Å². The lowest BCUT2D eigenvalue weighted by Crippen LogP contribution is -2.45. The van der Waals surface area contributed by atoms with E-state index in [1.807, 2.05) is 6.92 Å². The van der Waals surface area contributed by atoms with Crippen LogP contribution < -0.4 is 0 Å². The van der Waals surface area contributed by atoms with Crippen molar-refractivity contribution in [3.8, 4) is 0 Å². The van der Waals surface area contributed by atoms with Crippen LogP contribution in [-0.2, 0) is 10.0 Å². The van der Waals surface area contributed by atoms with Crippen LogP contribution in [0.2, 0.25) is 0 Å². The first kappa shape index (κ1) is 13.5. The highest BCUT2D eigenvalue weighted by Gasteiger charge is 2.35. The summed E-state index contributed by atoms with van der Waals surface area (Å²) in [6, 6.07) is 1.87. The van der Waals surface area contributed by atoms with Crippen LogP contribution in [0.1, 0.15) is 26.7 Å². The van der Waals surface area contributed by atoms with Crippen molar-refractivity contribution in [2.24, 2.45) is 5.92 Å². The molecule has 6 heteroatoms. The molecule has 3 nitrogen and oxygen atoms in total. The number of hydrogen-bond acceptors (Lipinski definition) is 3. The molecule has 1 aromatic rings. The smallest absolute Gasteiger partial charge is 0.206 e. The first-order valence-corrected chi connectivity index (χ1v) is 8.80. The fourth-order valence-electron chi connectivity index (χ4n) is 2.21. The van der Waals surface area contributed by atoms with E-state index in [-0.39, 0.29) is 6.04 Å². The van der Waals surface area contributed by atoms with Gasteiger partial charge in [0.1, 0.15) is 4.21 Å². The second-order valence-electron chi connectivity index (χ2n) is 4.53. The Morgan fingerprint density at radius 2 is 2.18 bits per heavy atom. The second kappa shape index (κ2) is 4.99. The molecule has 1 aliphatic heterocycles. The van der Waals surface area contributed by atoms with Crippen LogP contribution in [0.4, 0.5) is 0 Å². The molecule has 1 saturated heterocycles. The van der Waals surface area contributed by atoms with E-state index >= 15 is 0 Å². The number of thiophene rings is 1. The molecule has 0 saturated carbocycles. The van der Waals surface area contributed by atoms with Crippen molar-refractivity contribution in [2.45, 2.75) is 36.9 Å². The van der Waals surface area contributed by atoms with Gasteiger partial charge in [0.05, 0.1) is 0 Å². The predicted octanol–water partition coefficient (Wildman–Crippen LogP) is 3.32. The minimum atomic E-state index is -3.33. The Morgan fingerprint density at radius 1 is 1.47 bits per heavy atom. The molecule has 0 spiro atoms. The number of halogens is 1. The molecule has 2 heterocycles. The van der Waals surface area contributed by atoms with Crippen molar-refractivity contribution in [1.82, 2.24) is 4.31 Å². The third kappa shape index (κ3) is 2.45. The summed E-state index contributed by atoms with van der Waals surface area (Å²) < 4.78 is 27.8. The van der Waals surface area contributed by atoms with Crippen molar-refractivity contribution in [2.75, 3.05) is 6.54 Å². The highest BCUT2D eigenvalue weighted by atomic mass is 79.9. The van der Waals surface area contributed by atoms with Crippen molar-refractivity contribution in [1.29, 1.82) is 0 Å². The molecule has 0 N–H and O–H groups in total. The molecule has 2 unspecified atom stereocenters. The Kier molecular flexibility index (Phi) is 3.97. The van der Waals surface area contributed by atoms with Gasteiger partial charge in [0.2, 0.25) is 0 Å². The maximum absolute atomic E-state index is 12.5. The molecule has 2 atom stereocenters. The quantitative estimate of drug-likeness (QED) is 0.830. The third-order valence-corrected chi connectivity index (χ3v) is 8.08. The van der Waals surface area contributed by atoms with Gasteiger partial charge >= 0.3 is 0 Å². The molecule has 0 radical (unpaired) electrons. The van der Waals surface area contributed by atoms with Gasteiger partial charge in [-0.3, -0.25) is 0 Å². The third-order valence-electron chi connectivity index (χ3n) is 3.44. The lowest BCUT2D eigenvalue weighted by atomic mass is 9.94. The topological polar surface area (TPSA) is 37.4 Å². The van der Waals surface area contributed by atoms with Gasteiger partial charge in [0.15, 0.2) is 0 Å². The van der Waals surface area contributed by atoms with E-state index in [4.69, 9.17) is 0 Å². The molecular formula is C11H16BrNO2S2. The van der Waals surface area contributed by atoms with Crippen LogP contribution in [0.3, 0.4) is 0 Å². The molecule has 0 amide bonds. The zero-order chi connectivity index (χ0) is 12.6. The number of hydrogen-bond donors (Lipinski definition) is 0. The van der Waals surface area contributed by atoms with E-state index < -0.39 is 10.0 Å². The zero-order valence-corrected chi connectivity index (χ0v) is 13.1. The van der Waals surface area contributed by atoms with Crippen molar-refractivity contribution in [3.63, 3.8) is 0 Å². The average Bonchev–Trinajstić information content (AvgIpc) is 2.69. The highest BCUT2D eigenvalue weighted by Crippen LogP contribution is 2.34. The molecule has 1 aromatic heterocycles. The van der Waals surface area contributed by atoms with Crippen LogP contribution in [0.25, 0.3) is 0 Å². The molecule has 1 fully saturated rings. The van der Waals surface area contributed by atoms with Crippen LogP contribution in [-0.4, -0.2) is 25.3 Å². The van der Waals surface area contributed by atoms with Gasteiger partial charge < -0.3 is 0 Å². The molecular weight excluding hydrogens is 322 g/mol. The summed E-state index contributed by atoms with van der Waals surface area (Å²) in [5.41, 5.74) is 0.